The number of rotatable bonds is 7. The Morgan fingerprint density at radius 3 is 2.42 bits per heavy atom. The highest BCUT2D eigenvalue weighted by molar-refractivity contribution is 5.98. The minimum absolute atomic E-state index is 0.150. The van der Waals surface area contributed by atoms with E-state index < -0.39 is 0 Å². The van der Waals surface area contributed by atoms with E-state index in [0.29, 0.717) is 16.9 Å². The Morgan fingerprint density at radius 1 is 0.935 bits per heavy atom. The summed E-state index contributed by atoms with van der Waals surface area (Å²) in [5, 5.41) is 4.05. The third-order valence-electron chi connectivity index (χ3n) is 4.64. The predicted molar refractivity (Wildman–Crippen MR) is 118 cm³/mol. The normalized spacial score (nSPS) is 10.9. The highest BCUT2D eigenvalue weighted by Gasteiger charge is 2.11. The molecule has 1 N–H and O–H groups in total. The fraction of sp³-hybridized carbons (Fsp3) is 0.0400. The molecule has 5 nitrogen and oxygen atoms in total. The van der Waals surface area contributed by atoms with E-state index in [1.807, 2.05) is 47.3 Å². The zero-order valence-electron chi connectivity index (χ0n) is 16.6. The predicted octanol–water partition coefficient (Wildman–Crippen LogP) is 4.96. The van der Waals surface area contributed by atoms with Gasteiger partial charge in [-0.3, -0.25) is 4.79 Å². The van der Waals surface area contributed by atoms with E-state index in [-0.39, 0.29) is 18.3 Å². The Labute approximate surface area is 179 Å². The van der Waals surface area contributed by atoms with Gasteiger partial charge in [-0.15, -0.1) is 0 Å². The second-order valence-corrected chi connectivity index (χ2v) is 6.76. The summed E-state index contributed by atoms with van der Waals surface area (Å²) >= 11 is 0. The van der Waals surface area contributed by atoms with E-state index in [1.165, 1.54) is 6.07 Å². The molecule has 4 rings (SSSR count). The molecule has 6 heteroatoms. The van der Waals surface area contributed by atoms with E-state index in [0.717, 1.165) is 11.3 Å². The number of carbonyl (C=O) groups is 1. The highest BCUT2D eigenvalue weighted by atomic mass is 19.1. The topological polar surface area (TPSA) is 55.6 Å². The van der Waals surface area contributed by atoms with E-state index in [4.69, 9.17) is 4.74 Å². The van der Waals surface area contributed by atoms with Gasteiger partial charge in [-0.25, -0.2) is 9.82 Å². The Bertz CT molecular complexity index is 1190. The molecule has 0 fully saturated rings. The van der Waals surface area contributed by atoms with Gasteiger partial charge in [0.25, 0.3) is 5.91 Å². The fourth-order valence-electron chi connectivity index (χ4n) is 3.04. The Kier molecular flexibility index (Phi) is 6.18. The largest absolute Gasteiger partial charge is 0.489 e. The minimum Gasteiger partial charge on any atom is -0.489 e. The maximum absolute atomic E-state index is 13.7. The number of amides is 1. The number of benzene rings is 3. The Balaban J connectivity index is 1.35. The molecule has 0 unspecified atom stereocenters. The smallest absolute Gasteiger partial charge is 0.273 e. The lowest BCUT2D eigenvalue weighted by atomic mass is 10.1. The standard InChI is InChI=1S/C25H20FN3O2/c26-23-9-3-1-7-20(23)18-31-21-13-11-19(12-14-21)17-27-28-25(30)22-8-2-4-10-24(22)29-15-5-6-16-29/h1-17H,18H2,(H,28,30). The molecule has 0 bridgehead atoms. The van der Waals surface area contributed by atoms with E-state index in [9.17, 15) is 9.18 Å². The average Bonchev–Trinajstić information content (AvgIpc) is 3.34. The van der Waals surface area contributed by atoms with Gasteiger partial charge in [0, 0.05) is 18.0 Å². The van der Waals surface area contributed by atoms with Crippen LogP contribution in [0, 0.1) is 5.82 Å². The van der Waals surface area contributed by atoms with Crippen LogP contribution in [0.25, 0.3) is 5.69 Å². The SMILES string of the molecule is O=C(NN=Cc1ccc(OCc2ccccc2F)cc1)c1ccccc1-n1cccc1. The van der Waals surface area contributed by atoms with Crippen LogP contribution in [0.1, 0.15) is 21.5 Å². The van der Waals surface area contributed by atoms with E-state index >= 15 is 0 Å². The third-order valence-corrected chi connectivity index (χ3v) is 4.64. The van der Waals surface area contributed by atoms with Crippen LogP contribution in [-0.2, 0) is 6.61 Å². The Hall–Kier alpha value is -4.19. The monoisotopic (exact) mass is 413 g/mol. The van der Waals surface area contributed by atoms with Crippen LogP contribution in [-0.4, -0.2) is 16.7 Å². The average molecular weight is 413 g/mol. The van der Waals surface area contributed by atoms with Crippen molar-refractivity contribution in [2.75, 3.05) is 0 Å². The van der Waals surface area contributed by atoms with Gasteiger partial charge in [0.2, 0.25) is 0 Å². The zero-order chi connectivity index (χ0) is 21.5. The lowest BCUT2D eigenvalue weighted by Crippen LogP contribution is -2.19. The summed E-state index contributed by atoms with van der Waals surface area (Å²) in [6.07, 6.45) is 5.31. The maximum atomic E-state index is 13.7. The highest BCUT2D eigenvalue weighted by Crippen LogP contribution is 2.16. The molecule has 1 amide bonds. The summed E-state index contributed by atoms with van der Waals surface area (Å²) in [6, 6.07) is 24.8. The number of hydrogen-bond donors (Lipinski definition) is 1. The van der Waals surface area contributed by atoms with Crippen molar-refractivity contribution in [2.24, 2.45) is 5.10 Å². The molecule has 4 aromatic rings. The molecule has 1 aromatic heterocycles. The molecule has 0 atom stereocenters. The summed E-state index contributed by atoms with van der Waals surface area (Å²) in [6.45, 7) is 0.150. The van der Waals surface area contributed by atoms with Crippen molar-refractivity contribution in [3.63, 3.8) is 0 Å². The van der Waals surface area contributed by atoms with Gasteiger partial charge in [-0.05, 0) is 60.2 Å². The Morgan fingerprint density at radius 2 is 1.65 bits per heavy atom. The first-order valence-corrected chi connectivity index (χ1v) is 9.73. The van der Waals surface area contributed by atoms with Crippen LogP contribution in [0.3, 0.4) is 0 Å². The lowest BCUT2D eigenvalue weighted by molar-refractivity contribution is 0.0955. The van der Waals surface area contributed by atoms with Crippen molar-refractivity contribution in [2.45, 2.75) is 6.61 Å². The molecule has 154 valence electrons. The molecule has 0 aliphatic rings. The van der Waals surface area contributed by atoms with Crippen LogP contribution < -0.4 is 10.2 Å². The number of ether oxygens (including phenoxy) is 1. The van der Waals surface area contributed by atoms with Crippen LogP contribution in [0.5, 0.6) is 5.75 Å². The first-order chi connectivity index (χ1) is 15.2. The number of hydrogen-bond acceptors (Lipinski definition) is 3. The second-order valence-electron chi connectivity index (χ2n) is 6.76. The maximum Gasteiger partial charge on any atom is 0.273 e. The summed E-state index contributed by atoms with van der Waals surface area (Å²) in [7, 11) is 0. The number of nitrogens with zero attached hydrogens (tertiary/aromatic N) is 2. The summed E-state index contributed by atoms with van der Waals surface area (Å²) in [5.41, 5.74) is 5.14. The molecule has 0 saturated heterocycles. The first-order valence-electron chi connectivity index (χ1n) is 9.73. The second kappa shape index (κ2) is 9.54. The number of para-hydroxylation sites is 1. The number of nitrogens with one attached hydrogen (secondary N) is 1. The van der Waals surface area contributed by atoms with Crippen molar-refractivity contribution in [3.8, 4) is 11.4 Å². The lowest BCUT2D eigenvalue weighted by Gasteiger charge is -2.09. The fourth-order valence-corrected chi connectivity index (χ4v) is 3.04. The van der Waals surface area contributed by atoms with Crippen LogP contribution in [0.15, 0.2) is 102 Å². The molecular formula is C25H20FN3O2. The molecular weight excluding hydrogens is 393 g/mol. The number of halogens is 1. The first kappa shape index (κ1) is 20.1. The van der Waals surface area contributed by atoms with E-state index in [1.54, 1.807) is 54.7 Å². The molecule has 0 spiro atoms. The molecule has 0 radical (unpaired) electrons. The number of hydrazone groups is 1. The van der Waals surface area contributed by atoms with Crippen molar-refractivity contribution in [1.29, 1.82) is 0 Å². The molecule has 1 heterocycles. The van der Waals surface area contributed by atoms with Gasteiger partial charge in [0.1, 0.15) is 18.2 Å². The number of aromatic nitrogens is 1. The van der Waals surface area contributed by atoms with Gasteiger partial charge in [-0.1, -0.05) is 30.3 Å². The van der Waals surface area contributed by atoms with Crippen molar-refractivity contribution < 1.29 is 13.9 Å². The molecule has 0 saturated carbocycles. The molecule has 31 heavy (non-hydrogen) atoms. The van der Waals surface area contributed by atoms with E-state index in [2.05, 4.69) is 10.5 Å². The summed E-state index contributed by atoms with van der Waals surface area (Å²) in [5.74, 6) is 0.0239. The molecule has 3 aromatic carbocycles. The number of carbonyl (C=O) groups excluding carboxylic acids is 1. The zero-order valence-corrected chi connectivity index (χ0v) is 16.6. The van der Waals surface area contributed by atoms with Gasteiger partial charge in [-0.2, -0.15) is 5.10 Å². The van der Waals surface area contributed by atoms with Crippen molar-refractivity contribution in [1.82, 2.24) is 9.99 Å². The molecule has 0 aliphatic carbocycles. The van der Waals surface area contributed by atoms with Gasteiger partial charge >= 0.3 is 0 Å². The summed E-state index contributed by atoms with van der Waals surface area (Å²) < 4.78 is 21.1. The van der Waals surface area contributed by atoms with Crippen LogP contribution in [0.2, 0.25) is 0 Å². The van der Waals surface area contributed by atoms with Gasteiger partial charge in [0.05, 0.1) is 17.5 Å². The van der Waals surface area contributed by atoms with Crippen molar-refractivity contribution >= 4 is 12.1 Å². The van der Waals surface area contributed by atoms with Crippen molar-refractivity contribution in [3.05, 3.63) is 120 Å². The van der Waals surface area contributed by atoms with Gasteiger partial charge in [0.15, 0.2) is 0 Å². The van der Waals surface area contributed by atoms with Crippen LogP contribution >= 0.6 is 0 Å². The third kappa shape index (κ3) is 5.05. The molecule has 0 aliphatic heterocycles. The van der Waals surface area contributed by atoms with Crippen LogP contribution in [0.4, 0.5) is 4.39 Å². The minimum atomic E-state index is -0.301. The summed E-state index contributed by atoms with van der Waals surface area (Å²) in [4.78, 5) is 12.6. The van der Waals surface area contributed by atoms with Gasteiger partial charge < -0.3 is 9.30 Å². The quantitative estimate of drug-likeness (QED) is 0.344.